The summed E-state index contributed by atoms with van der Waals surface area (Å²) >= 11 is 0. The minimum Gasteiger partial charge on any atom is -0.447 e. The van der Waals surface area contributed by atoms with Gasteiger partial charge in [-0.1, -0.05) is 12.1 Å². The second-order valence-electron chi connectivity index (χ2n) is 6.07. The highest BCUT2D eigenvalue weighted by molar-refractivity contribution is 6.15. The fourth-order valence-corrected chi connectivity index (χ4v) is 3.59. The molecule has 2 heterocycles. The predicted octanol–water partition coefficient (Wildman–Crippen LogP) is 1.44. The molecule has 7 nitrogen and oxygen atoms in total. The first-order chi connectivity index (χ1) is 11.4. The Balaban J connectivity index is 2.23. The van der Waals surface area contributed by atoms with Crippen LogP contribution < -0.4 is 4.90 Å². The summed E-state index contributed by atoms with van der Waals surface area (Å²) in [6, 6.07) is 8.16. The molecule has 2 aliphatic heterocycles. The fraction of sp³-hybridized carbons (Fsp3) is 0.412. The molecule has 1 atom stereocenters. The predicted molar refractivity (Wildman–Crippen MR) is 83.8 cm³/mol. The van der Waals surface area contributed by atoms with Gasteiger partial charge in [0.25, 0.3) is 5.91 Å². The number of nitriles is 1. The first-order valence-corrected chi connectivity index (χ1v) is 7.75. The summed E-state index contributed by atoms with van der Waals surface area (Å²) in [7, 11) is 0. The van der Waals surface area contributed by atoms with E-state index in [1.165, 1.54) is 9.80 Å². The van der Waals surface area contributed by atoms with E-state index in [0.29, 0.717) is 11.3 Å². The van der Waals surface area contributed by atoms with Gasteiger partial charge in [-0.25, -0.2) is 4.79 Å². The smallest absolute Gasteiger partial charge is 0.354 e. The third kappa shape index (κ3) is 1.99. The van der Waals surface area contributed by atoms with Crippen LogP contribution in [0.25, 0.3) is 0 Å². The topological polar surface area (TPSA) is 90.7 Å². The average Bonchev–Trinajstić information content (AvgIpc) is 2.91. The number of amides is 2. The minimum absolute atomic E-state index is 0.131. The van der Waals surface area contributed by atoms with Gasteiger partial charge >= 0.3 is 5.97 Å². The summed E-state index contributed by atoms with van der Waals surface area (Å²) in [5, 5.41) is 8.70. The van der Waals surface area contributed by atoms with Gasteiger partial charge in [0.1, 0.15) is 6.07 Å². The zero-order valence-electron chi connectivity index (χ0n) is 13.5. The second kappa shape index (κ2) is 5.64. The van der Waals surface area contributed by atoms with Crippen molar-refractivity contribution in [1.82, 2.24) is 4.90 Å². The van der Waals surface area contributed by atoms with Crippen LogP contribution in [-0.2, 0) is 14.3 Å². The van der Waals surface area contributed by atoms with Crippen molar-refractivity contribution >= 4 is 23.5 Å². The highest BCUT2D eigenvalue weighted by Gasteiger charge is 2.62. The van der Waals surface area contributed by atoms with Crippen molar-refractivity contribution in [3.8, 4) is 6.07 Å². The normalized spacial score (nSPS) is 22.2. The minimum atomic E-state index is -1.52. The number of benzene rings is 1. The lowest BCUT2D eigenvalue weighted by atomic mass is 9.95. The Bertz CT molecular complexity index is 767. The quantitative estimate of drug-likeness (QED) is 0.784. The zero-order chi connectivity index (χ0) is 17.5. The number of hydrogen-bond acceptors (Lipinski definition) is 5. The maximum Gasteiger partial charge on any atom is 0.354 e. The van der Waals surface area contributed by atoms with Crippen molar-refractivity contribution in [3.05, 3.63) is 29.8 Å². The first-order valence-electron chi connectivity index (χ1n) is 7.75. The summed E-state index contributed by atoms with van der Waals surface area (Å²) < 4.78 is 5.04. The van der Waals surface area contributed by atoms with Gasteiger partial charge in [0.15, 0.2) is 6.61 Å². The van der Waals surface area contributed by atoms with Gasteiger partial charge in [0, 0.05) is 18.9 Å². The van der Waals surface area contributed by atoms with E-state index >= 15 is 0 Å². The largest absolute Gasteiger partial charge is 0.447 e. The maximum atomic E-state index is 13.0. The Labute approximate surface area is 139 Å². The molecule has 0 N–H and O–H groups in total. The molecule has 0 saturated carbocycles. The Morgan fingerprint density at radius 3 is 2.75 bits per heavy atom. The molecule has 0 aromatic heterocycles. The van der Waals surface area contributed by atoms with Crippen molar-refractivity contribution in [3.63, 3.8) is 0 Å². The number of hydrogen-bond donors (Lipinski definition) is 0. The standard InChI is InChI=1S/C17H17N3O4/c1-11(2)19-15(22)12-5-3-4-6-13(12)20-14(21)7-8-17(19,20)16(23)24-10-9-18/h3-6,11H,7-8,10H2,1-2H3/t17-/m0/s1. The lowest BCUT2D eigenvalue weighted by molar-refractivity contribution is -0.156. The molecule has 0 unspecified atom stereocenters. The highest BCUT2D eigenvalue weighted by Crippen LogP contribution is 2.45. The second-order valence-corrected chi connectivity index (χ2v) is 6.07. The van der Waals surface area contributed by atoms with Gasteiger partial charge in [0.05, 0.1) is 11.3 Å². The number of para-hydroxylation sites is 1. The number of esters is 1. The Kier molecular flexibility index (Phi) is 3.76. The molecular weight excluding hydrogens is 310 g/mol. The number of rotatable bonds is 3. The summed E-state index contributed by atoms with van der Waals surface area (Å²) in [6.45, 7) is 3.14. The van der Waals surface area contributed by atoms with Gasteiger partial charge in [-0.15, -0.1) is 0 Å². The van der Waals surface area contributed by atoms with Crippen LogP contribution in [-0.4, -0.2) is 41.0 Å². The third-order valence-electron chi connectivity index (χ3n) is 4.41. The zero-order valence-corrected chi connectivity index (χ0v) is 13.5. The summed E-state index contributed by atoms with van der Waals surface area (Å²) in [5.74, 6) is -1.30. The van der Waals surface area contributed by atoms with Crippen LogP contribution >= 0.6 is 0 Å². The van der Waals surface area contributed by atoms with Crippen LogP contribution in [0, 0.1) is 11.3 Å². The van der Waals surface area contributed by atoms with Crippen LogP contribution in [0.3, 0.4) is 0 Å². The van der Waals surface area contributed by atoms with Crippen LogP contribution in [0.1, 0.15) is 37.0 Å². The number of carbonyl (C=O) groups excluding carboxylic acids is 3. The van der Waals surface area contributed by atoms with E-state index in [-0.39, 0.29) is 30.7 Å². The van der Waals surface area contributed by atoms with Gasteiger partial charge in [-0.05, 0) is 26.0 Å². The van der Waals surface area contributed by atoms with Gasteiger partial charge < -0.3 is 9.64 Å². The number of nitrogens with zero attached hydrogens (tertiary/aromatic N) is 3. The van der Waals surface area contributed by atoms with Crippen LogP contribution in [0.5, 0.6) is 0 Å². The van der Waals surface area contributed by atoms with E-state index in [2.05, 4.69) is 0 Å². The van der Waals surface area contributed by atoms with E-state index in [0.717, 1.165) is 0 Å². The summed E-state index contributed by atoms with van der Waals surface area (Å²) in [4.78, 5) is 41.1. The molecule has 0 spiro atoms. The van der Waals surface area contributed by atoms with Crippen molar-refractivity contribution in [1.29, 1.82) is 5.26 Å². The SMILES string of the molecule is CC(C)N1C(=O)c2ccccc2N2C(=O)CC[C@@]21C(=O)OCC#N. The lowest BCUT2D eigenvalue weighted by Crippen LogP contribution is -2.70. The molecule has 3 rings (SSSR count). The van der Waals surface area contributed by atoms with Crippen molar-refractivity contribution in [2.75, 3.05) is 11.5 Å². The van der Waals surface area contributed by atoms with E-state index < -0.39 is 18.2 Å². The lowest BCUT2D eigenvalue weighted by Gasteiger charge is -2.50. The number of ether oxygens (including phenoxy) is 1. The molecule has 0 aliphatic carbocycles. The fourth-order valence-electron chi connectivity index (χ4n) is 3.59. The Hall–Kier alpha value is -2.88. The third-order valence-corrected chi connectivity index (χ3v) is 4.41. The maximum absolute atomic E-state index is 13.0. The molecule has 1 fully saturated rings. The van der Waals surface area contributed by atoms with E-state index in [1.54, 1.807) is 44.2 Å². The Morgan fingerprint density at radius 2 is 2.08 bits per heavy atom. The first kappa shape index (κ1) is 16.0. The van der Waals surface area contributed by atoms with Crippen molar-refractivity contribution in [2.24, 2.45) is 0 Å². The molecule has 2 amide bonds. The molecule has 1 aromatic rings. The summed E-state index contributed by atoms with van der Waals surface area (Å²) in [5.41, 5.74) is -0.728. The molecule has 0 radical (unpaired) electrons. The van der Waals surface area contributed by atoms with Crippen LogP contribution in [0.4, 0.5) is 5.69 Å². The Morgan fingerprint density at radius 1 is 1.38 bits per heavy atom. The molecule has 1 saturated heterocycles. The summed E-state index contributed by atoms with van der Waals surface area (Å²) in [6.07, 6.45) is 0.279. The van der Waals surface area contributed by atoms with Crippen molar-refractivity contribution in [2.45, 2.75) is 38.4 Å². The highest BCUT2D eigenvalue weighted by atomic mass is 16.5. The van der Waals surface area contributed by atoms with Gasteiger partial charge in [-0.3, -0.25) is 14.5 Å². The molecule has 1 aromatic carbocycles. The van der Waals surface area contributed by atoms with E-state index in [9.17, 15) is 14.4 Å². The van der Waals surface area contributed by atoms with Gasteiger partial charge in [-0.2, -0.15) is 5.26 Å². The number of fused-ring (bicyclic) bond motifs is 3. The van der Waals surface area contributed by atoms with Crippen LogP contribution in [0.2, 0.25) is 0 Å². The van der Waals surface area contributed by atoms with Crippen molar-refractivity contribution < 1.29 is 19.1 Å². The number of carbonyl (C=O) groups is 3. The molecule has 24 heavy (non-hydrogen) atoms. The molecule has 7 heteroatoms. The molecule has 0 bridgehead atoms. The van der Waals surface area contributed by atoms with Gasteiger partial charge in [0.2, 0.25) is 11.6 Å². The van der Waals surface area contributed by atoms with E-state index in [4.69, 9.17) is 10.00 Å². The molecule has 2 aliphatic rings. The monoisotopic (exact) mass is 327 g/mol. The average molecular weight is 327 g/mol. The molecular formula is C17H17N3O4. The van der Waals surface area contributed by atoms with Crippen LogP contribution in [0.15, 0.2) is 24.3 Å². The number of anilines is 1. The van der Waals surface area contributed by atoms with E-state index in [1.807, 2.05) is 0 Å². The molecule has 124 valence electrons.